The van der Waals surface area contributed by atoms with Crippen LogP contribution in [0.2, 0.25) is 0 Å². The first-order valence-corrected chi connectivity index (χ1v) is 16.0. The van der Waals surface area contributed by atoms with Gasteiger partial charge in [0.1, 0.15) is 24.3 Å². The van der Waals surface area contributed by atoms with Gasteiger partial charge in [-0.1, -0.05) is 96.5 Å². The van der Waals surface area contributed by atoms with Crippen LogP contribution >= 0.6 is 11.8 Å². The largest absolute Gasteiger partial charge is 0.464 e. The smallest absolute Gasteiger partial charge is 0.408 e. The van der Waals surface area contributed by atoms with Crippen LogP contribution in [0.4, 0.5) is 4.79 Å². The van der Waals surface area contributed by atoms with Crippen molar-refractivity contribution in [2.24, 2.45) is 0 Å². The Kier molecular flexibility index (Phi) is 12.7. The molecule has 1 heterocycles. The summed E-state index contributed by atoms with van der Waals surface area (Å²) in [7, 11) is 0. The minimum absolute atomic E-state index is 0.0419. The summed E-state index contributed by atoms with van der Waals surface area (Å²) < 4.78 is 16.6. The van der Waals surface area contributed by atoms with Gasteiger partial charge in [-0.05, 0) is 48.8 Å². The molecule has 240 valence electrons. The average molecular weight is 642 g/mol. The second-order valence-electron chi connectivity index (χ2n) is 11.0. The zero-order chi connectivity index (χ0) is 32.8. The topological polar surface area (TPSA) is 119 Å². The predicted molar refractivity (Wildman–Crippen MR) is 180 cm³/mol. The van der Waals surface area contributed by atoms with E-state index in [1.54, 1.807) is 13.1 Å². The van der Waals surface area contributed by atoms with Crippen LogP contribution in [0.25, 0.3) is 10.9 Å². The normalized spacial score (nSPS) is 12.3. The summed E-state index contributed by atoms with van der Waals surface area (Å²) in [5, 5.41) is 9.38. The Bertz CT molecular complexity index is 1650. The van der Waals surface area contributed by atoms with Gasteiger partial charge in [0, 0.05) is 29.3 Å². The lowest BCUT2D eigenvalue weighted by atomic mass is 10.0. The molecule has 0 aliphatic rings. The highest BCUT2D eigenvalue weighted by atomic mass is 32.2. The van der Waals surface area contributed by atoms with Crippen LogP contribution in [0.1, 0.15) is 37.5 Å². The summed E-state index contributed by atoms with van der Waals surface area (Å²) in [5.41, 5.74) is 2.84. The number of ether oxygens (including phenoxy) is 3. The van der Waals surface area contributed by atoms with E-state index in [9.17, 15) is 14.4 Å². The number of carbonyl (C=O) groups excluding carboxylic acids is 3. The molecule has 3 N–H and O–H groups in total. The second kappa shape index (κ2) is 17.1. The summed E-state index contributed by atoms with van der Waals surface area (Å²) in [5.74, 6) is 2.06. The Morgan fingerprint density at radius 3 is 2.20 bits per heavy atom. The van der Waals surface area contributed by atoms with Crippen LogP contribution < -0.4 is 10.6 Å². The number of aromatic amines is 1. The number of carbonyl (C=O) groups is 3. The third kappa shape index (κ3) is 10.7. The van der Waals surface area contributed by atoms with Crippen molar-refractivity contribution < 1.29 is 28.6 Å². The molecule has 0 aliphatic heterocycles. The van der Waals surface area contributed by atoms with Crippen molar-refractivity contribution in [1.29, 1.82) is 0 Å². The molecule has 0 saturated carbocycles. The molecule has 0 fully saturated rings. The lowest BCUT2D eigenvalue weighted by Crippen LogP contribution is -2.53. The lowest BCUT2D eigenvalue weighted by molar-refractivity contribution is -0.146. The number of esters is 1. The van der Waals surface area contributed by atoms with Crippen molar-refractivity contribution in [1.82, 2.24) is 15.6 Å². The van der Waals surface area contributed by atoms with Crippen molar-refractivity contribution >= 4 is 40.6 Å². The Labute approximate surface area is 273 Å². The number of rotatable bonds is 14. The van der Waals surface area contributed by atoms with Gasteiger partial charge < -0.3 is 29.8 Å². The molecule has 2 atom stereocenters. The van der Waals surface area contributed by atoms with Gasteiger partial charge >= 0.3 is 12.1 Å². The summed E-state index contributed by atoms with van der Waals surface area (Å²) in [4.78, 5) is 42.6. The molecule has 9 nitrogen and oxygen atoms in total. The fourth-order valence-electron chi connectivity index (χ4n) is 4.48. The zero-order valence-electron chi connectivity index (χ0n) is 26.2. The molecule has 1 unspecified atom stereocenters. The van der Waals surface area contributed by atoms with Crippen LogP contribution in [0.15, 0.2) is 91.1 Å². The van der Waals surface area contributed by atoms with E-state index >= 15 is 0 Å². The van der Waals surface area contributed by atoms with Crippen molar-refractivity contribution in [3.63, 3.8) is 0 Å². The number of H-pyrrole nitrogens is 1. The highest BCUT2D eigenvalue weighted by molar-refractivity contribution is 8.03. The van der Waals surface area contributed by atoms with E-state index in [0.29, 0.717) is 6.61 Å². The van der Waals surface area contributed by atoms with Crippen LogP contribution in [-0.4, -0.2) is 53.0 Å². The molecular formula is C36H39N3O6S. The summed E-state index contributed by atoms with van der Waals surface area (Å²) in [6.45, 7) is 6.02. The maximum absolute atomic E-state index is 13.7. The molecule has 0 radical (unpaired) electrons. The van der Waals surface area contributed by atoms with Crippen LogP contribution in [0.5, 0.6) is 0 Å². The highest BCUT2D eigenvalue weighted by Crippen LogP contribution is 2.20. The fraction of sp³-hybridized carbons (Fsp3) is 0.306. The predicted octanol–water partition coefficient (Wildman–Crippen LogP) is 5.74. The number of nitrogens with one attached hydrogen (secondary N) is 3. The standard InChI is InChI=1S/C36H39N3O6S/c1-4-43-34(41)32(25-46-20-19-36(2,3)45-24-27-15-9-6-10-16-27)38-33(40)31(21-28-22-37-30-18-12-11-17-29(28)30)39-35(42)44-23-26-13-7-5-8-14-26/h5-18,22,31-32,37H,4,21,23-25H2,1-3H3,(H,38,40)(H,39,42)/t31-,32?/m0/s1. The maximum Gasteiger partial charge on any atom is 0.408 e. The molecule has 3 aromatic carbocycles. The van der Waals surface area contributed by atoms with E-state index in [-0.39, 0.29) is 25.4 Å². The zero-order valence-corrected chi connectivity index (χ0v) is 27.0. The maximum atomic E-state index is 13.7. The number of amides is 2. The molecule has 0 aliphatic carbocycles. The van der Waals surface area contributed by atoms with Crippen molar-refractivity contribution in [3.05, 3.63) is 108 Å². The lowest BCUT2D eigenvalue weighted by Gasteiger charge is -2.22. The Morgan fingerprint density at radius 1 is 0.848 bits per heavy atom. The molecule has 4 aromatic rings. The Balaban J connectivity index is 1.43. The van der Waals surface area contributed by atoms with Crippen LogP contribution in [-0.2, 0) is 43.4 Å². The van der Waals surface area contributed by atoms with Gasteiger partial charge in [-0.15, -0.1) is 0 Å². The Hall–Kier alpha value is -4.72. The van der Waals surface area contributed by atoms with Crippen molar-refractivity contribution in [2.45, 2.75) is 58.1 Å². The summed E-state index contributed by atoms with van der Waals surface area (Å²) in [6, 6.07) is 24.7. The van der Waals surface area contributed by atoms with Gasteiger partial charge in [-0.2, -0.15) is 0 Å². The quantitative estimate of drug-likeness (QED) is 0.119. The number of hydrogen-bond donors (Lipinski definition) is 3. The molecule has 0 bridgehead atoms. The third-order valence-electron chi connectivity index (χ3n) is 6.92. The second-order valence-corrected chi connectivity index (χ2v) is 11.8. The van der Waals surface area contributed by atoms with Crippen molar-refractivity contribution in [2.75, 3.05) is 12.4 Å². The van der Waals surface area contributed by atoms with E-state index in [1.807, 2.05) is 98.8 Å². The number of alkyl carbamates (subject to hydrolysis) is 1. The van der Waals surface area contributed by atoms with Gasteiger partial charge in [0.25, 0.3) is 0 Å². The molecule has 4 rings (SSSR count). The van der Waals surface area contributed by atoms with Gasteiger partial charge in [0.2, 0.25) is 5.91 Å². The highest BCUT2D eigenvalue weighted by Gasteiger charge is 2.29. The molecule has 10 heteroatoms. The van der Waals surface area contributed by atoms with Gasteiger partial charge in [0.15, 0.2) is 0 Å². The minimum atomic E-state index is -1.04. The minimum Gasteiger partial charge on any atom is -0.464 e. The first-order chi connectivity index (χ1) is 22.2. The third-order valence-corrected chi connectivity index (χ3v) is 7.67. The average Bonchev–Trinajstić information content (AvgIpc) is 3.47. The molecule has 0 spiro atoms. The Morgan fingerprint density at radius 2 is 1.50 bits per heavy atom. The van der Waals surface area contributed by atoms with E-state index in [0.717, 1.165) is 27.6 Å². The van der Waals surface area contributed by atoms with Crippen LogP contribution in [0, 0.1) is 11.2 Å². The first kappa shape index (κ1) is 34.2. The molecular weight excluding hydrogens is 602 g/mol. The number of thioether (sulfide) groups is 1. The molecule has 46 heavy (non-hydrogen) atoms. The van der Waals surface area contributed by atoms with E-state index in [1.165, 1.54) is 11.8 Å². The molecule has 0 saturated heterocycles. The van der Waals surface area contributed by atoms with Gasteiger partial charge in [0.05, 0.1) is 13.2 Å². The number of para-hydroxylation sites is 1. The molecule has 2 amide bonds. The number of hydrogen-bond acceptors (Lipinski definition) is 7. The summed E-state index contributed by atoms with van der Waals surface area (Å²) >= 11 is 1.17. The van der Waals surface area contributed by atoms with E-state index in [4.69, 9.17) is 14.2 Å². The summed E-state index contributed by atoms with van der Waals surface area (Å²) in [6.07, 6.45) is 1.21. The SMILES string of the molecule is CCOC(=O)C(CSC#CC(C)(C)OCc1ccccc1)NC(=O)[C@H](Cc1c[nH]c2ccccc12)NC(=O)OCc1ccccc1. The monoisotopic (exact) mass is 641 g/mol. The van der Waals surface area contributed by atoms with Gasteiger partial charge in [-0.25, -0.2) is 9.59 Å². The first-order valence-electron chi connectivity index (χ1n) is 15.0. The molecule has 1 aromatic heterocycles. The van der Waals surface area contributed by atoms with Crippen LogP contribution in [0.3, 0.4) is 0 Å². The number of fused-ring (bicyclic) bond motifs is 1. The van der Waals surface area contributed by atoms with E-state index in [2.05, 4.69) is 26.8 Å². The van der Waals surface area contributed by atoms with E-state index < -0.39 is 35.7 Å². The van der Waals surface area contributed by atoms with Crippen molar-refractivity contribution in [3.8, 4) is 11.2 Å². The number of benzene rings is 3. The van der Waals surface area contributed by atoms with Gasteiger partial charge in [-0.3, -0.25) is 4.79 Å². The fourth-order valence-corrected chi connectivity index (χ4v) is 5.27. The number of aromatic nitrogens is 1.